The molecule has 0 radical (unpaired) electrons. The number of aryl methyl sites for hydroxylation is 1. The lowest BCUT2D eigenvalue weighted by Crippen LogP contribution is -2.03. The van der Waals surface area contributed by atoms with Gasteiger partial charge in [0.25, 0.3) is 10.1 Å². The highest BCUT2D eigenvalue weighted by atomic mass is 32.2. The fraction of sp³-hybridized carbons (Fsp3) is 0.238. The molecule has 0 spiro atoms. The van der Waals surface area contributed by atoms with Gasteiger partial charge < -0.3 is 10.4 Å². The molecule has 10 heteroatoms. The number of hydrogen-bond donors (Lipinski definition) is 2. The summed E-state index contributed by atoms with van der Waals surface area (Å²) in [6.07, 6.45) is 0. The van der Waals surface area contributed by atoms with E-state index in [0.29, 0.717) is 28.7 Å². The van der Waals surface area contributed by atoms with Crippen LogP contribution >= 0.6 is 0 Å². The summed E-state index contributed by atoms with van der Waals surface area (Å²) in [6, 6.07) is 11.8. The van der Waals surface area contributed by atoms with E-state index in [1.165, 1.54) is 6.07 Å². The van der Waals surface area contributed by atoms with Crippen LogP contribution in [0.1, 0.15) is 12.5 Å². The number of nitrogens with one attached hydrogen (secondary N) is 1. The van der Waals surface area contributed by atoms with Crippen molar-refractivity contribution in [3.63, 3.8) is 0 Å². The Bertz CT molecular complexity index is 1290. The minimum absolute atomic E-state index is 0.196. The van der Waals surface area contributed by atoms with E-state index >= 15 is 0 Å². The average Bonchev–Trinajstić information content (AvgIpc) is 2.75. The monoisotopic (exact) mass is 441 g/mol. The molecule has 0 aliphatic heterocycles. The third-order valence-corrected chi connectivity index (χ3v) is 5.86. The van der Waals surface area contributed by atoms with Crippen molar-refractivity contribution >= 4 is 43.6 Å². The van der Waals surface area contributed by atoms with Gasteiger partial charge in [-0.25, -0.2) is 0 Å². The molecule has 0 aliphatic rings. The van der Waals surface area contributed by atoms with Gasteiger partial charge in [-0.3, -0.25) is 4.18 Å². The Morgan fingerprint density at radius 1 is 1.06 bits per heavy atom. The molecule has 0 saturated carbocycles. The van der Waals surface area contributed by atoms with E-state index in [4.69, 9.17) is 0 Å². The number of anilines is 1. The van der Waals surface area contributed by atoms with Crippen LogP contribution in [0, 0.1) is 6.92 Å². The number of rotatable bonds is 7. The minimum Gasteiger partial charge on any atom is -0.505 e. The summed E-state index contributed by atoms with van der Waals surface area (Å²) in [4.78, 5) is -0.270. The molecule has 0 aliphatic carbocycles. The van der Waals surface area contributed by atoms with Gasteiger partial charge in [0, 0.05) is 24.7 Å². The van der Waals surface area contributed by atoms with Crippen LogP contribution in [0.25, 0.3) is 10.8 Å². The first-order valence-electron chi connectivity index (χ1n) is 9.47. The van der Waals surface area contributed by atoms with Crippen LogP contribution in [0.15, 0.2) is 67.8 Å². The van der Waals surface area contributed by atoms with Gasteiger partial charge in [-0.05, 0) is 61.2 Å². The Labute approximate surface area is 180 Å². The van der Waals surface area contributed by atoms with Crippen LogP contribution in [0.4, 0.5) is 22.7 Å². The van der Waals surface area contributed by atoms with E-state index in [-0.39, 0.29) is 16.3 Å². The molecule has 0 fully saturated rings. The molecule has 0 bridgehead atoms. The summed E-state index contributed by atoms with van der Waals surface area (Å²) in [7, 11) is -1.52. The second kappa shape index (κ2) is 9.19. The van der Waals surface area contributed by atoms with E-state index in [1.54, 1.807) is 43.4 Å². The molecule has 0 amide bonds. The second-order valence-corrected chi connectivity index (χ2v) is 8.31. The molecule has 3 aromatic rings. The van der Waals surface area contributed by atoms with Crippen LogP contribution in [-0.2, 0) is 14.3 Å². The van der Waals surface area contributed by atoms with E-state index in [0.717, 1.165) is 18.4 Å². The maximum Gasteiger partial charge on any atom is 0.299 e. The highest BCUT2D eigenvalue weighted by Crippen LogP contribution is 2.42. The van der Waals surface area contributed by atoms with Gasteiger partial charge in [0.05, 0.1) is 18.5 Å². The third-order valence-electron chi connectivity index (χ3n) is 4.58. The minimum atomic E-state index is -4.15. The number of fused-ring (bicyclic) bond motifs is 1. The van der Waals surface area contributed by atoms with Crippen LogP contribution in [0.2, 0.25) is 0 Å². The molecule has 2 N–H and O–H groups in total. The van der Waals surface area contributed by atoms with Gasteiger partial charge >= 0.3 is 0 Å². The second-order valence-electron chi connectivity index (χ2n) is 6.63. The largest absolute Gasteiger partial charge is 0.505 e. The van der Waals surface area contributed by atoms with Crippen molar-refractivity contribution in [3.05, 3.63) is 48.0 Å². The first-order valence-corrected chi connectivity index (χ1v) is 10.9. The molecule has 0 heterocycles. The van der Waals surface area contributed by atoms with Gasteiger partial charge in [0.15, 0.2) is 5.75 Å². The van der Waals surface area contributed by atoms with Gasteiger partial charge in [-0.2, -0.15) is 23.8 Å². The van der Waals surface area contributed by atoms with Crippen LogP contribution in [-0.4, -0.2) is 34.2 Å². The number of phenolic OH excluding ortho intramolecular Hbond substituents is 1. The van der Waals surface area contributed by atoms with E-state index in [2.05, 4.69) is 30.0 Å². The summed E-state index contributed by atoms with van der Waals surface area (Å²) in [5, 5.41) is 31.0. The molecule has 9 nitrogen and oxygen atoms in total. The zero-order valence-corrected chi connectivity index (χ0v) is 18.4. The normalized spacial score (nSPS) is 12.3. The molecular weight excluding hydrogens is 418 g/mol. The topological polar surface area (TPSA) is 125 Å². The smallest absolute Gasteiger partial charge is 0.299 e. The molecule has 0 unspecified atom stereocenters. The standard InChI is InChI=1S/C21H23N5O4S/c1-5-23-15-7-6-14-11-19(31(28,29)30-4)20(21(27)17(14)12-15)26-24-16-8-9-18(25-22-3)13(2)10-16/h6-12,23,27H,5H2,1-4H3. The van der Waals surface area contributed by atoms with Crippen LogP contribution in [0.3, 0.4) is 0 Å². The van der Waals surface area contributed by atoms with Gasteiger partial charge in [0.2, 0.25) is 0 Å². The van der Waals surface area contributed by atoms with Crippen molar-refractivity contribution in [2.24, 2.45) is 20.5 Å². The quantitative estimate of drug-likeness (QED) is 0.357. The zero-order chi connectivity index (χ0) is 22.6. The van der Waals surface area contributed by atoms with Gasteiger partial charge in [-0.1, -0.05) is 6.07 Å². The lowest BCUT2D eigenvalue weighted by Gasteiger charge is -2.12. The van der Waals surface area contributed by atoms with Crippen molar-refractivity contribution in [3.8, 4) is 5.75 Å². The summed E-state index contributed by atoms with van der Waals surface area (Å²) >= 11 is 0. The fourth-order valence-electron chi connectivity index (χ4n) is 3.06. The Morgan fingerprint density at radius 2 is 1.84 bits per heavy atom. The average molecular weight is 442 g/mol. The van der Waals surface area contributed by atoms with Crippen molar-refractivity contribution in [2.75, 3.05) is 26.0 Å². The van der Waals surface area contributed by atoms with E-state index < -0.39 is 10.1 Å². The number of phenols is 1. The lowest BCUT2D eigenvalue weighted by molar-refractivity contribution is 0.397. The van der Waals surface area contributed by atoms with Crippen LogP contribution in [0.5, 0.6) is 5.75 Å². The first kappa shape index (κ1) is 22.3. The highest BCUT2D eigenvalue weighted by molar-refractivity contribution is 7.87. The Hall–Kier alpha value is -3.37. The lowest BCUT2D eigenvalue weighted by atomic mass is 10.1. The SMILES string of the molecule is CCNc1ccc2cc(S(=O)(=O)OC)c(N=Nc3ccc(N=NC)c(C)c3)c(O)c2c1. The predicted octanol–water partition coefficient (Wildman–Crippen LogP) is 5.75. The molecule has 3 rings (SSSR count). The zero-order valence-electron chi connectivity index (χ0n) is 17.6. The molecule has 31 heavy (non-hydrogen) atoms. The summed E-state index contributed by atoms with van der Waals surface area (Å²) in [5.41, 5.74) is 2.57. The third kappa shape index (κ3) is 4.70. The molecule has 162 valence electrons. The van der Waals surface area contributed by atoms with Gasteiger partial charge in [0.1, 0.15) is 10.6 Å². The number of benzene rings is 3. The Kier molecular flexibility index (Phi) is 6.62. The maximum absolute atomic E-state index is 12.5. The Balaban J connectivity index is 2.18. The number of hydrogen-bond acceptors (Lipinski definition) is 9. The van der Waals surface area contributed by atoms with E-state index in [1.807, 2.05) is 13.8 Å². The molecule has 0 saturated heterocycles. The maximum atomic E-state index is 12.5. The predicted molar refractivity (Wildman–Crippen MR) is 120 cm³/mol. The van der Waals surface area contributed by atoms with Crippen molar-refractivity contribution < 1.29 is 17.7 Å². The van der Waals surface area contributed by atoms with E-state index in [9.17, 15) is 13.5 Å². The number of nitrogens with zero attached hydrogens (tertiary/aromatic N) is 4. The van der Waals surface area contributed by atoms with Gasteiger partial charge in [-0.15, -0.1) is 5.11 Å². The highest BCUT2D eigenvalue weighted by Gasteiger charge is 2.24. The van der Waals surface area contributed by atoms with Crippen molar-refractivity contribution in [2.45, 2.75) is 18.7 Å². The Morgan fingerprint density at radius 3 is 2.48 bits per heavy atom. The van der Waals surface area contributed by atoms with Crippen molar-refractivity contribution in [1.82, 2.24) is 0 Å². The van der Waals surface area contributed by atoms with Crippen LogP contribution < -0.4 is 5.32 Å². The fourth-order valence-corrected chi connectivity index (χ4v) is 3.89. The molecule has 0 aromatic heterocycles. The number of aromatic hydroxyl groups is 1. The molecule has 3 aromatic carbocycles. The van der Waals surface area contributed by atoms with Crippen molar-refractivity contribution in [1.29, 1.82) is 0 Å². The molecule has 0 atom stereocenters. The molecular formula is C21H23N5O4S. The number of azo groups is 2. The summed E-state index contributed by atoms with van der Waals surface area (Å²) < 4.78 is 29.7. The first-order chi connectivity index (χ1) is 14.8. The summed E-state index contributed by atoms with van der Waals surface area (Å²) in [5.74, 6) is -0.301. The summed E-state index contributed by atoms with van der Waals surface area (Å²) in [6.45, 7) is 4.49.